The van der Waals surface area contributed by atoms with E-state index >= 15 is 0 Å². The van der Waals surface area contributed by atoms with Crippen LogP contribution in [-0.2, 0) is 0 Å². The Bertz CT molecular complexity index is 616. The molecule has 4 atom stereocenters. The van der Waals surface area contributed by atoms with Gasteiger partial charge in [-0.3, -0.25) is 4.98 Å². The molecule has 0 spiro atoms. The van der Waals surface area contributed by atoms with Gasteiger partial charge >= 0.3 is 0 Å². The number of pyridine rings is 1. The van der Waals surface area contributed by atoms with Crippen molar-refractivity contribution in [3.8, 4) is 0 Å². The first-order chi connectivity index (χ1) is 9.81. The Labute approximate surface area is 120 Å². The van der Waals surface area contributed by atoms with E-state index in [1.165, 1.54) is 36.5 Å². The molecule has 104 valence electrons. The molecule has 4 unspecified atom stereocenters. The molecule has 20 heavy (non-hydrogen) atoms. The lowest BCUT2D eigenvalue weighted by Crippen LogP contribution is -2.20. The predicted molar refractivity (Wildman–Crippen MR) is 82.2 cm³/mol. The molecular weight excluding hydrogens is 244 g/mol. The standard InChI is InChI=1S/C18H22N2/c19-17(11-15-10-12-5-6-14(15)9-12)18-16-4-2-1-3-13(16)7-8-20-18/h1-4,7-8,12,14-15,17H,5-6,9-11,19H2. The Balaban J connectivity index is 1.59. The Hall–Kier alpha value is -1.41. The van der Waals surface area contributed by atoms with E-state index in [0.29, 0.717) is 0 Å². The molecule has 1 heterocycles. The van der Waals surface area contributed by atoms with Crippen molar-refractivity contribution >= 4 is 10.8 Å². The Morgan fingerprint density at radius 2 is 2.05 bits per heavy atom. The lowest BCUT2D eigenvalue weighted by Gasteiger charge is -2.25. The summed E-state index contributed by atoms with van der Waals surface area (Å²) in [7, 11) is 0. The van der Waals surface area contributed by atoms with Gasteiger partial charge < -0.3 is 5.73 Å². The van der Waals surface area contributed by atoms with Gasteiger partial charge in [0.05, 0.1) is 5.69 Å². The van der Waals surface area contributed by atoms with E-state index < -0.39 is 0 Å². The number of benzene rings is 1. The summed E-state index contributed by atoms with van der Waals surface area (Å²) in [5.74, 6) is 2.78. The van der Waals surface area contributed by atoms with Gasteiger partial charge in [-0.15, -0.1) is 0 Å². The molecular formula is C18H22N2. The third-order valence-electron chi connectivity index (χ3n) is 5.50. The maximum absolute atomic E-state index is 6.51. The van der Waals surface area contributed by atoms with Crippen LogP contribution in [0.1, 0.15) is 43.8 Å². The number of hydrogen-bond acceptors (Lipinski definition) is 2. The van der Waals surface area contributed by atoms with E-state index in [9.17, 15) is 0 Å². The molecule has 1 aromatic carbocycles. The van der Waals surface area contributed by atoms with Crippen molar-refractivity contribution in [3.63, 3.8) is 0 Å². The average Bonchev–Trinajstić information content (AvgIpc) is 3.09. The molecule has 0 radical (unpaired) electrons. The number of nitrogens with two attached hydrogens (primary N) is 1. The molecule has 2 heteroatoms. The van der Waals surface area contributed by atoms with Gasteiger partial charge in [0.2, 0.25) is 0 Å². The van der Waals surface area contributed by atoms with Gasteiger partial charge in [0, 0.05) is 17.6 Å². The molecule has 2 saturated carbocycles. The van der Waals surface area contributed by atoms with Gasteiger partial charge in [0.25, 0.3) is 0 Å². The fourth-order valence-electron chi connectivity index (χ4n) is 4.54. The predicted octanol–water partition coefficient (Wildman–Crippen LogP) is 4.06. The van der Waals surface area contributed by atoms with Gasteiger partial charge in [-0.05, 0) is 54.9 Å². The summed E-state index contributed by atoms with van der Waals surface area (Å²) < 4.78 is 0. The van der Waals surface area contributed by atoms with Crippen LogP contribution in [-0.4, -0.2) is 4.98 Å². The summed E-state index contributed by atoms with van der Waals surface area (Å²) in [6.07, 6.45) is 8.78. The summed E-state index contributed by atoms with van der Waals surface area (Å²) in [4.78, 5) is 4.59. The molecule has 2 N–H and O–H groups in total. The first kappa shape index (κ1) is 12.3. The SMILES string of the molecule is NC(CC1CC2CCC1C2)c1nccc2ccccc12. The highest BCUT2D eigenvalue weighted by Crippen LogP contribution is 2.50. The topological polar surface area (TPSA) is 38.9 Å². The molecule has 2 aliphatic carbocycles. The fraction of sp³-hybridized carbons (Fsp3) is 0.500. The van der Waals surface area contributed by atoms with Gasteiger partial charge in [0.15, 0.2) is 0 Å². The number of fused-ring (bicyclic) bond motifs is 3. The van der Waals surface area contributed by atoms with Crippen LogP contribution in [0.4, 0.5) is 0 Å². The van der Waals surface area contributed by atoms with Gasteiger partial charge in [0.1, 0.15) is 0 Å². The highest BCUT2D eigenvalue weighted by molar-refractivity contribution is 5.84. The minimum absolute atomic E-state index is 0.0884. The summed E-state index contributed by atoms with van der Waals surface area (Å²) in [6.45, 7) is 0. The molecule has 2 nitrogen and oxygen atoms in total. The van der Waals surface area contributed by atoms with Crippen molar-refractivity contribution < 1.29 is 0 Å². The second kappa shape index (κ2) is 4.85. The molecule has 4 rings (SSSR count). The van der Waals surface area contributed by atoms with Gasteiger partial charge in [-0.1, -0.05) is 30.7 Å². The maximum Gasteiger partial charge on any atom is 0.0649 e. The number of aromatic nitrogens is 1. The second-order valence-electron chi connectivity index (χ2n) is 6.69. The van der Waals surface area contributed by atoms with Crippen LogP contribution in [0.3, 0.4) is 0 Å². The fourth-order valence-corrected chi connectivity index (χ4v) is 4.54. The molecule has 0 aliphatic heterocycles. The average molecular weight is 266 g/mol. The van der Waals surface area contributed by atoms with Crippen molar-refractivity contribution in [2.24, 2.45) is 23.5 Å². The van der Waals surface area contributed by atoms with Crippen LogP contribution in [0.25, 0.3) is 10.8 Å². The van der Waals surface area contributed by atoms with Crippen molar-refractivity contribution in [3.05, 3.63) is 42.2 Å². The Morgan fingerprint density at radius 1 is 1.15 bits per heavy atom. The summed E-state index contributed by atoms with van der Waals surface area (Å²) in [5, 5.41) is 2.48. The third kappa shape index (κ3) is 2.03. The van der Waals surface area contributed by atoms with Crippen LogP contribution in [0.5, 0.6) is 0 Å². The van der Waals surface area contributed by atoms with Gasteiger partial charge in [-0.25, -0.2) is 0 Å². The molecule has 2 aromatic rings. The van der Waals surface area contributed by atoms with E-state index in [2.05, 4.69) is 35.3 Å². The van der Waals surface area contributed by atoms with Crippen molar-refractivity contribution in [1.29, 1.82) is 0 Å². The van der Waals surface area contributed by atoms with E-state index in [1.54, 1.807) is 0 Å². The number of hydrogen-bond donors (Lipinski definition) is 1. The molecule has 1 aromatic heterocycles. The molecule has 2 fully saturated rings. The zero-order valence-corrected chi connectivity index (χ0v) is 11.8. The normalized spacial score (nSPS) is 29.9. The molecule has 2 bridgehead atoms. The van der Waals surface area contributed by atoms with E-state index in [4.69, 9.17) is 5.73 Å². The molecule has 2 aliphatic rings. The first-order valence-electron chi connectivity index (χ1n) is 7.90. The lowest BCUT2D eigenvalue weighted by atomic mass is 9.83. The largest absolute Gasteiger partial charge is 0.323 e. The summed E-state index contributed by atoms with van der Waals surface area (Å²) >= 11 is 0. The van der Waals surface area contributed by atoms with Crippen LogP contribution in [0.2, 0.25) is 0 Å². The van der Waals surface area contributed by atoms with E-state index in [1.807, 2.05) is 6.20 Å². The third-order valence-corrected chi connectivity index (χ3v) is 5.50. The minimum atomic E-state index is 0.0884. The van der Waals surface area contributed by atoms with Crippen LogP contribution in [0, 0.1) is 17.8 Å². The Kier molecular flexibility index (Phi) is 2.99. The lowest BCUT2D eigenvalue weighted by molar-refractivity contribution is 0.295. The Morgan fingerprint density at radius 3 is 2.85 bits per heavy atom. The smallest absolute Gasteiger partial charge is 0.0649 e. The minimum Gasteiger partial charge on any atom is -0.323 e. The van der Waals surface area contributed by atoms with Gasteiger partial charge in [-0.2, -0.15) is 0 Å². The van der Waals surface area contributed by atoms with Crippen molar-refractivity contribution in [2.75, 3.05) is 0 Å². The second-order valence-corrected chi connectivity index (χ2v) is 6.69. The summed E-state index contributed by atoms with van der Waals surface area (Å²) in [5.41, 5.74) is 7.60. The zero-order chi connectivity index (χ0) is 13.5. The van der Waals surface area contributed by atoms with Crippen molar-refractivity contribution in [2.45, 2.75) is 38.1 Å². The first-order valence-corrected chi connectivity index (χ1v) is 7.90. The summed E-state index contributed by atoms with van der Waals surface area (Å²) in [6, 6.07) is 10.6. The quantitative estimate of drug-likeness (QED) is 0.909. The van der Waals surface area contributed by atoms with Crippen LogP contribution >= 0.6 is 0 Å². The zero-order valence-electron chi connectivity index (χ0n) is 11.8. The van der Waals surface area contributed by atoms with Crippen LogP contribution in [0.15, 0.2) is 36.5 Å². The maximum atomic E-state index is 6.51. The van der Waals surface area contributed by atoms with E-state index in [0.717, 1.165) is 29.9 Å². The molecule has 0 amide bonds. The van der Waals surface area contributed by atoms with Crippen LogP contribution < -0.4 is 5.73 Å². The molecule has 0 saturated heterocycles. The van der Waals surface area contributed by atoms with Crippen molar-refractivity contribution in [1.82, 2.24) is 4.98 Å². The monoisotopic (exact) mass is 266 g/mol. The highest BCUT2D eigenvalue weighted by atomic mass is 14.8. The van der Waals surface area contributed by atoms with E-state index in [-0.39, 0.29) is 6.04 Å². The number of rotatable bonds is 3. The number of nitrogens with zero attached hydrogens (tertiary/aromatic N) is 1. The highest BCUT2D eigenvalue weighted by Gasteiger charge is 2.40.